The van der Waals surface area contributed by atoms with E-state index in [4.69, 9.17) is 10.1 Å². The first kappa shape index (κ1) is 12.1. The van der Waals surface area contributed by atoms with E-state index in [1.807, 2.05) is 29.0 Å². The molecule has 1 N–H and O–H groups in total. The Balaban J connectivity index is 1.66. The fourth-order valence-electron chi connectivity index (χ4n) is 2.90. The molecule has 0 amide bonds. The number of rotatable bonds is 4. The molecule has 0 saturated heterocycles. The van der Waals surface area contributed by atoms with Crippen LogP contribution in [-0.2, 0) is 0 Å². The van der Waals surface area contributed by atoms with E-state index >= 15 is 0 Å². The maximum Gasteiger partial charge on any atom is 0.223 e. The fraction of sp³-hybridized carbons (Fsp3) is 0.353. The van der Waals surface area contributed by atoms with Crippen molar-refractivity contribution in [3.05, 3.63) is 42.4 Å². The lowest BCUT2D eigenvalue weighted by Crippen LogP contribution is -2.05. The molecule has 0 aromatic carbocycles. The highest BCUT2D eigenvalue weighted by atomic mass is 15.2. The second-order valence-electron chi connectivity index (χ2n) is 6.25. The van der Waals surface area contributed by atoms with E-state index in [9.17, 15) is 0 Å². The van der Waals surface area contributed by atoms with E-state index in [0.717, 1.165) is 17.2 Å². The molecule has 5 rings (SSSR count). The van der Waals surface area contributed by atoms with Gasteiger partial charge in [0.25, 0.3) is 0 Å². The Morgan fingerprint density at radius 3 is 2.82 bits per heavy atom. The van der Waals surface area contributed by atoms with Crippen LogP contribution in [-0.4, -0.2) is 25.6 Å². The monoisotopic (exact) mass is 291 g/mol. The van der Waals surface area contributed by atoms with Gasteiger partial charge in [-0.2, -0.15) is 5.10 Å². The second-order valence-corrected chi connectivity index (χ2v) is 6.25. The van der Waals surface area contributed by atoms with Crippen molar-refractivity contribution >= 4 is 11.5 Å². The lowest BCUT2D eigenvalue weighted by atomic mass is 10.1. The Bertz CT molecular complexity index is 845. The summed E-state index contributed by atoms with van der Waals surface area (Å²) in [6.07, 6.45) is 8.75. The molecule has 2 saturated carbocycles. The molecule has 2 fully saturated rings. The van der Waals surface area contributed by atoms with Crippen LogP contribution in [0.2, 0.25) is 0 Å². The maximum absolute atomic E-state index is 4.79. The molecule has 3 aromatic heterocycles. The minimum Gasteiger partial charge on any atom is -0.351 e. The van der Waals surface area contributed by atoms with Crippen molar-refractivity contribution in [1.82, 2.24) is 19.6 Å². The fourth-order valence-corrected chi connectivity index (χ4v) is 2.90. The summed E-state index contributed by atoms with van der Waals surface area (Å²) in [6, 6.07) is 8.74. The summed E-state index contributed by atoms with van der Waals surface area (Å²) >= 11 is 0. The zero-order chi connectivity index (χ0) is 14.5. The number of anilines is 1. The second kappa shape index (κ2) is 4.53. The van der Waals surface area contributed by atoms with Crippen LogP contribution in [0.15, 0.2) is 36.7 Å². The minimum absolute atomic E-state index is 0.557. The molecule has 22 heavy (non-hydrogen) atoms. The summed E-state index contributed by atoms with van der Waals surface area (Å²) in [6.45, 7) is 0. The van der Waals surface area contributed by atoms with Crippen LogP contribution in [0, 0.1) is 0 Å². The van der Waals surface area contributed by atoms with Gasteiger partial charge >= 0.3 is 0 Å². The lowest BCUT2D eigenvalue weighted by Gasteiger charge is -2.06. The van der Waals surface area contributed by atoms with Gasteiger partial charge < -0.3 is 5.32 Å². The largest absolute Gasteiger partial charge is 0.351 e. The molecule has 2 aliphatic carbocycles. The maximum atomic E-state index is 4.79. The molecule has 5 heteroatoms. The van der Waals surface area contributed by atoms with Crippen LogP contribution in [0.5, 0.6) is 0 Å². The molecule has 0 unspecified atom stereocenters. The van der Waals surface area contributed by atoms with Gasteiger partial charge in [0, 0.05) is 29.9 Å². The van der Waals surface area contributed by atoms with Gasteiger partial charge in [0.2, 0.25) is 5.95 Å². The first-order valence-corrected chi connectivity index (χ1v) is 7.96. The van der Waals surface area contributed by atoms with E-state index in [1.165, 1.54) is 36.9 Å². The average Bonchev–Trinajstić information content (AvgIpc) is 3.46. The molecule has 3 aromatic rings. The number of fused-ring (bicyclic) bond motifs is 1. The van der Waals surface area contributed by atoms with E-state index in [1.54, 1.807) is 0 Å². The van der Waals surface area contributed by atoms with Crippen LogP contribution >= 0.6 is 0 Å². The van der Waals surface area contributed by atoms with Gasteiger partial charge in [-0.15, -0.1) is 0 Å². The van der Waals surface area contributed by atoms with Crippen LogP contribution in [0.25, 0.3) is 16.8 Å². The highest BCUT2D eigenvalue weighted by Crippen LogP contribution is 2.44. The number of nitrogens with one attached hydrogen (secondary N) is 1. The van der Waals surface area contributed by atoms with Crippen molar-refractivity contribution in [2.45, 2.75) is 37.6 Å². The van der Waals surface area contributed by atoms with Gasteiger partial charge in [-0.25, -0.2) is 14.5 Å². The molecule has 3 heterocycles. The Hall–Kier alpha value is -2.43. The molecular formula is C17H17N5. The lowest BCUT2D eigenvalue weighted by molar-refractivity contribution is 0.892. The number of hydrogen-bond donors (Lipinski definition) is 1. The van der Waals surface area contributed by atoms with Crippen molar-refractivity contribution in [2.75, 3.05) is 5.32 Å². The molecule has 5 nitrogen and oxygen atoms in total. The minimum atomic E-state index is 0.557. The molecule has 0 aliphatic heterocycles. The van der Waals surface area contributed by atoms with Crippen molar-refractivity contribution in [1.29, 1.82) is 0 Å². The summed E-state index contributed by atoms with van der Waals surface area (Å²) < 4.78 is 1.97. The zero-order valence-electron chi connectivity index (χ0n) is 12.2. The quantitative estimate of drug-likeness (QED) is 0.801. The molecule has 0 radical (unpaired) electrons. The highest BCUT2D eigenvalue weighted by molar-refractivity contribution is 5.81. The predicted octanol–water partition coefficient (Wildman–Crippen LogP) is 3.24. The number of pyridine rings is 1. The molecule has 0 atom stereocenters. The average molecular weight is 291 g/mol. The first-order valence-electron chi connectivity index (χ1n) is 7.96. The number of hydrogen-bond acceptors (Lipinski definition) is 4. The molecule has 2 aliphatic rings. The Morgan fingerprint density at radius 1 is 1.09 bits per heavy atom. The van der Waals surface area contributed by atoms with Crippen LogP contribution in [0.4, 0.5) is 5.95 Å². The van der Waals surface area contributed by atoms with E-state index in [2.05, 4.69) is 22.4 Å². The Kier molecular flexibility index (Phi) is 2.50. The summed E-state index contributed by atoms with van der Waals surface area (Å²) in [5.41, 5.74) is 4.45. The van der Waals surface area contributed by atoms with Crippen molar-refractivity contribution in [2.24, 2.45) is 0 Å². The molecular weight excluding hydrogens is 274 g/mol. The van der Waals surface area contributed by atoms with Gasteiger partial charge in [0.1, 0.15) is 0 Å². The van der Waals surface area contributed by atoms with Crippen molar-refractivity contribution in [3.63, 3.8) is 0 Å². The van der Waals surface area contributed by atoms with Gasteiger partial charge in [-0.3, -0.25) is 0 Å². The summed E-state index contributed by atoms with van der Waals surface area (Å²) in [7, 11) is 0. The Morgan fingerprint density at radius 2 is 2.00 bits per heavy atom. The summed E-state index contributed by atoms with van der Waals surface area (Å²) in [4.78, 5) is 9.09. The van der Waals surface area contributed by atoms with Crippen LogP contribution in [0.3, 0.4) is 0 Å². The molecule has 110 valence electrons. The van der Waals surface area contributed by atoms with Crippen LogP contribution in [0.1, 0.15) is 37.3 Å². The predicted molar refractivity (Wildman–Crippen MR) is 84.8 cm³/mol. The van der Waals surface area contributed by atoms with Gasteiger partial charge in [0.15, 0.2) is 0 Å². The highest BCUT2D eigenvalue weighted by Gasteiger charge is 2.31. The van der Waals surface area contributed by atoms with E-state index in [0.29, 0.717) is 12.0 Å². The number of nitrogens with zero attached hydrogens (tertiary/aromatic N) is 4. The number of aromatic nitrogens is 4. The smallest absolute Gasteiger partial charge is 0.223 e. The normalized spacial score (nSPS) is 17.8. The van der Waals surface area contributed by atoms with Crippen molar-refractivity contribution < 1.29 is 0 Å². The SMILES string of the molecule is c1ccn2nc(C3CC3)c(-c3ccnc(NC4CC4)n3)c2c1. The molecule has 0 spiro atoms. The first-order chi connectivity index (χ1) is 10.9. The third-order valence-electron chi connectivity index (χ3n) is 4.35. The third kappa shape index (κ3) is 2.04. The van der Waals surface area contributed by atoms with E-state index < -0.39 is 0 Å². The molecule has 0 bridgehead atoms. The zero-order valence-corrected chi connectivity index (χ0v) is 12.2. The van der Waals surface area contributed by atoms with Gasteiger partial charge in [-0.05, 0) is 43.9 Å². The summed E-state index contributed by atoms with van der Waals surface area (Å²) in [5.74, 6) is 1.32. The van der Waals surface area contributed by atoms with Crippen molar-refractivity contribution in [3.8, 4) is 11.3 Å². The Labute approximate surface area is 128 Å². The standard InChI is InChI=1S/C17H17N5/c1-2-10-22-14(3-1)15(16(21-22)11-4-5-11)13-8-9-18-17(20-13)19-12-6-7-12/h1-3,8-12H,4-7H2,(H,18,19,20). The third-order valence-corrected chi connectivity index (χ3v) is 4.35. The van der Waals surface area contributed by atoms with E-state index in [-0.39, 0.29) is 0 Å². The summed E-state index contributed by atoms with van der Waals surface area (Å²) in [5, 5.41) is 8.17. The topological polar surface area (TPSA) is 55.1 Å². The van der Waals surface area contributed by atoms with Gasteiger partial charge in [0.05, 0.1) is 16.9 Å². The van der Waals surface area contributed by atoms with Gasteiger partial charge in [-0.1, -0.05) is 6.07 Å². The van der Waals surface area contributed by atoms with Crippen LogP contribution < -0.4 is 5.32 Å².